The molecule has 1 unspecified atom stereocenters. The van der Waals surface area contributed by atoms with E-state index in [2.05, 4.69) is 19.7 Å². The average Bonchev–Trinajstić information content (AvgIpc) is 2.87. The van der Waals surface area contributed by atoms with Crippen LogP contribution in [-0.2, 0) is 6.18 Å². The molecular weight excluding hydrogens is 499 g/mol. The highest BCUT2D eigenvalue weighted by Gasteiger charge is 2.33. The van der Waals surface area contributed by atoms with Crippen LogP contribution in [-0.4, -0.2) is 21.6 Å². The first kappa shape index (κ1) is 24.0. The summed E-state index contributed by atoms with van der Waals surface area (Å²) >= 11 is 1.21. The summed E-state index contributed by atoms with van der Waals surface area (Å²) in [5.74, 6) is -0.670. The zero-order valence-electron chi connectivity index (χ0n) is 18.4. The van der Waals surface area contributed by atoms with Gasteiger partial charge in [-0.2, -0.15) is 17.6 Å². The molecule has 184 valence electrons. The predicted octanol–water partition coefficient (Wildman–Crippen LogP) is 6.87. The van der Waals surface area contributed by atoms with E-state index in [-0.39, 0.29) is 11.9 Å². The zero-order chi connectivity index (χ0) is 25.3. The Balaban J connectivity index is 1.48. The summed E-state index contributed by atoms with van der Waals surface area (Å²) in [5, 5.41) is 0. The topological polar surface area (TPSA) is 59.9 Å². The van der Waals surface area contributed by atoms with Crippen LogP contribution in [0.5, 0.6) is 5.75 Å². The summed E-state index contributed by atoms with van der Waals surface area (Å²) in [5.41, 5.74) is 1.42. The largest absolute Gasteiger partial charge is 0.493 e. The molecule has 0 fully saturated rings. The van der Waals surface area contributed by atoms with E-state index >= 15 is 0 Å². The van der Waals surface area contributed by atoms with Gasteiger partial charge in [0.1, 0.15) is 5.75 Å². The molecular formula is C25H17F5N4OS. The van der Waals surface area contributed by atoms with Crippen molar-refractivity contribution in [2.24, 2.45) is 0 Å². The van der Waals surface area contributed by atoms with Crippen molar-refractivity contribution in [3.05, 3.63) is 95.6 Å². The Bertz CT molecular complexity index is 1380. The minimum atomic E-state index is -4.53. The summed E-state index contributed by atoms with van der Waals surface area (Å²) < 4.78 is 75.7. The fraction of sp³-hybridized carbons (Fsp3) is 0.160. The van der Waals surface area contributed by atoms with Crippen molar-refractivity contribution in [3.63, 3.8) is 0 Å². The summed E-state index contributed by atoms with van der Waals surface area (Å²) in [4.78, 5) is 12.1. The van der Waals surface area contributed by atoms with Gasteiger partial charge in [-0.1, -0.05) is 12.1 Å². The molecule has 1 aliphatic rings. The first-order valence-corrected chi connectivity index (χ1v) is 11.6. The smallest absolute Gasteiger partial charge is 0.416 e. The molecule has 5 nitrogen and oxygen atoms in total. The van der Waals surface area contributed by atoms with Crippen LogP contribution < -0.4 is 9.46 Å². The molecule has 0 aliphatic carbocycles. The highest BCUT2D eigenvalue weighted by molar-refractivity contribution is 8.00. The second-order valence-electron chi connectivity index (χ2n) is 7.99. The van der Waals surface area contributed by atoms with E-state index in [9.17, 15) is 22.0 Å². The van der Waals surface area contributed by atoms with Crippen LogP contribution in [0.4, 0.5) is 27.9 Å². The number of halogens is 5. The molecule has 1 aliphatic heterocycles. The maximum Gasteiger partial charge on any atom is 0.416 e. The van der Waals surface area contributed by atoms with Crippen molar-refractivity contribution in [1.29, 1.82) is 0 Å². The van der Waals surface area contributed by atoms with Crippen LogP contribution in [0.15, 0.2) is 72.0 Å². The van der Waals surface area contributed by atoms with Crippen LogP contribution in [0.3, 0.4) is 0 Å². The van der Waals surface area contributed by atoms with Crippen molar-refractivity contribution >= 4 is 17.9 Å². The number of nitrogens with zero attached hydrogens (tertiary/aromatic N) is 3. The fourth-order valence-electron chi connectivity index (χ4n) is 4.05. The molecule has 2 aromatic carbocycles. The maximum absolute atomic E-state index is 13.5. The number of alkyl halides is 3. The summed E-state index contributed by atoms with van der Waals surface area (Å²) in [6.07, 6.45) is -0.642. The van der Waals surface area contributed by atoms with Gasteiger partial charge in [-0.3, -0.25) is 4.72 Å². The first-order valence-electron chi connectivity index (χ1n) is 10.8. The number of hydrogen-bond acceptors (Lipinski definition) is 6. The van der Waals surface area contributed by atoms with E-state index in [1.54, 1.807) is 0 Å². The normalized spacial score (nSPS) is 15.2. The lowest BCUT2D eigenvalue weighted by molar-refractivity contribution is -0.137. The molecule has 4 aromatic rings. The van der Waals surface area contributed by atoms with Gasteiger partial charge >= 0.3 is 6.18 Å². The predicted molar refractivity (Wildman–Crippen MR) is 124 cm³/mol. The van der Waals surface area contributed by atoms with Crippen molar-refractivity contribution < 1.29 is 26.7 Å². The lowest BCUT2D eigenvalue weighted by atomic mass is 9.82. The molecule has 0 amide bonds. The van der Waals surface area contributed by atoms with Gasteiger partial charge in [-0.25, -0.2) is 19.3 Å². The van der Waals surface area contributed by atoms with Gasteiger partial charge in [0.2, 0.25) is 11.9 Å². The Morgan fingerprint density at radius 2 is 1.67 bits per heavy atom. The third kappa shape index (κ3) is 5.11. The number of aromatic nitrogens is 3. The number of hydrogen-bond donors (Lipinski definition) is 1. The van der Waals surface area contributed by atoms with Gasteiger partial charge in [0.05, 0.1) is 24.6 Å². The van der Waals surface area contributed by atoms with Crippen molar-refractivity contribution in [1.82, 2.24) is 15.0 Å². The summed E-state index contributed by atoms with van der Waals surface area (Å²) in [7, 11) is 0. The Labute approximate surface area is 206 Å². The third-order valence-corrected chi connectivity index (χ3v) is 6.47. The second kappa shape index (κ2) is 9.73. The lowest BCUT2D eigenvalue weighted by Gasteiger charge is -2.29. The number of ether oxygens (including phenoxy) is 1. The monoisotopic (exact) mass is 516 g/mol. The minimum absolute atomic E-state index is 0.236. The van der Waals surface area contributed by atoms with Gasteiger partial charge in [0, 0.05) is 28.1 Å². The number of nitrogens with one attached hydrogen (secondary N) is 1. The van der Waals surface area contributed by atoms with Crippen LogP contribution in [0.25, 0.3) is 11.1 Å². The lowest BCUT2D eigenvalue weighted by Crippen LogP contribution is -2.16. The van der Waals surface area contributed by atoms with Crippen LogP contribution in [0.1, 0.15) is 29.0 Å². The molecule has 0 bridgehead atoms. The van der Waals surface area contributed by atoms with Gasteiger partial charge in [-0.05, 0) is 65.9 Å². The number of rotatable bonds is 5. The molecule has 2 aromatic heterocycles. The van der Waals surface area contributed by atoms with Crippen LogP contribution in [0, 0.1) is 11.8 Å². The summed E-state index contributed by atoms with van der Waals surface area (Å²) in [6.45, 7) is 0.364. The number of fused-ring (bicyclic) bond motifs is 1. The van der Waals surface area contributed by atoms with Gasteiger partial charge in [-0.15, -0.1) is 0 Å². The Kier molecular flexibility index (Phi) is 6.48. The van der Waals surface area contributed by atoms with E-state index < -0.39 is 23.5 Å². The molecule has 36 heavy (non-hydrogen) atoms. The molecule has 0 radical (unpaired) electrons. The van der Waals surface area contributed by atoms with E-state index in [0.29, 0.717) is 35.5 Å². The van der Waals surface area contributed by atoms with Crippen molar-refractivity contribution in [2.45, 2.75) is 23.4 Å². The molecule has 3 heterocycles. The number of pyridine rings is 1. The van der Waals surface area contributed by atoms with Crippen molar-refractivity contribution in [2.75, 3.05) is 11.3 Å². The molecule has 1 atom stereocenters. The molecule has 0 spiro atoms. The maximum atomic E-state index is 13.5. The second-order valence-corrected chi connectivity index (χ2v) is 8.87. The van der Waals surface area contributed by atoms with E-state index in [4.69, 9.17) is 4.74 Å². The first-order chi connectivity index (χ1) is 17.3. The molecule has 0 saturated carbocycles. The molecule has 11 heteroatoms. The Morgan fingerprint density at radius 3 is 2.39 bits per heavy atom. The SMILES string of the molecule is Fc1cnc(NSc2ccc3c(c2)OCCC3c2ccc(C(F)(F)F)cc2-c2ccc(F)nc2)nc1. The molecule has 5 rings (SSSR count). The standard InChI is InChI=1S/C25H17F5N4OS/c26-16-12-32-24(33-13-16)34-36-17-3-5-20-19(7-8-35-22(20)10-17)18-4-2-15(25(28,29)30)9-21(18)14-1-6-23(27)31-11-14/h1-6,9-13,19H,7-8H2,(H,32,33,34). The molecule has 1 N–H and O–H groups in total. The number of anilines is 1. The zero-order valence-corrected chi connectivity index (χ0v) is 19.2. The fourth-order valence-corrected chi connectivity index (χ4v) is 4.66. The van der Waals surface area contributed by atoms with Gasteiger partial charge in [0.15, 0.2) is 5.82 Å². The highest BCUT2D eigenvalue weighted by atomic mass is 32.2. The highest BCUT2D eigenvalue weighted by Crippen LogP contribution is 2.44. The third-order valence-electron chi connectivity index (χ3n) is 5.70. The minimum Gasteiger partial charge on any atom is -0.493 e. The summed E-state index contributed by atoms with van der Waals surface area (Å²) in [6, 6.07) is 11.7. The van der Waals surface area contributed by atoms with E-state index in [0.717, 1.165) is 41.1 Å². The molecule has 0 saturated heterocycles. The Morgan fingerprint density at radius 1 is 0.889 bits per heavy atom. The van der Waals surface area contributed by atoms with E-state index in [1.165, 1.54) is 30.3 Å². The van der Waals surface area contributed by atoms with Crippen LogP contribution >= 0.6 is 11.9 Å². The van der Waals surface area contributed by atoms with Gasteiger partial charge < -0.3 is 4.74 Å². The van der Waals surface area contributed by atoms with Gasteiger partial charge in [0.25, 0.3) is 0 Å². The Hall–Kier alpha value is -3.73. The van der Waals surface area contributed by atoms with Crippen molar-refractivity contribution in [3.8, 4) is 16.9 Å². The van der Waals surface area contributed by atoms with E-state index in [1.807, 2.05) is 18.2 Å². The quantitative estimate of drug-likeness (QED) is 0.178. The van der Waals surface area contributed by atoms with Crippen LogP contribution in [0.2, 0.25) is 0 Å². The number of benzene rings is 2. The average molecular weight is 516 g/mol.